The Morgan fingerprint density at radius 1 is 0.973 bits per heavy atom. The van der Waals surface area contributed by atoms with E-state index in [0.717, 1.165) is 65.0 Å². The average Bonchev–Trinajstić information content (AvgIpc) is 3.93. The predicted molar refractivity (Wildman–Crippen MR) is 296 cm³/mol. The van der Waals surface area contributed by atoms with Crippen LogP contribution >= 0.6 is 0 Å². The quantitative estimate of drug-likeness (QED) is 0.0238. The molecule has 1 aliphatic carbocycles. The Kier molecular flexibility index (Phi) is 28.2. The summed E-state index contributed by atoms with van der Waals surface area (Å²) in [5.74, 6) is -0.941. The van der Waals surface area contributed by atoms with Crippen molar-refractivity contribution >= 4 is 40.7 Å². The zero-order valence-electron chi connectivity index (χ0n) is 46.9. The van der Waals surface area contributed by atoms with E-state index in [1.807, 2.05) is 18.3 Å². The van der Waals surface area contributed by atoms with Gasteiger partial charge >= 0.3 is 12.7 Å². The van der Waals surface area contributed by atoms with Gasteiger partial charge in [-0.3, -0.25) is 28.9 Å². The molecular weight excluding hydrogens is 966 g/mol. The van der Waals surface area contributed by atoms with Crippen molar-refractivity contribution in [3.63, 3.8) is 0 Å². The highest BCUT2D eigenvalue weighted by Gasteiger charge is 2.59. The van der Waals surface area contributed by atoms with Crippen LogP contribution in [-0.4, -0.2) is 58.5 Å². The van der Waals surface area contributed by atoms with Crippen molar-refractivity contribution in [1.29, 1.82) is 0 Å². The molecule has 0 spiro atoms. The smallest absolute Gasteiger partial charge is 0.401 e. The number of nitrogens with zero attached hydrogens (tertiary/aromatic N) is 3. The van der Waals surface area contributed by atoms with Crippen molar-refractivity contribution < 1.29 is 41.1 Å². The Labute approximate surface area is 444 Å². The third-order valence-electron chi connectivity index (χ3n) is 12.6. The lowest BCUT2D eigenvalue weighted by Crippen LogP contribution is -2.49. The molecule has 1 aliphatic rings. The second-order valence-corrected chi connectivity index (χ2v) is 20.2. The van der Waals surface area contributed by atoms with Crippen molar-refractivity contribution in [2.24, 2.45) is 45.5 Å². The predicted octanol–water partition coefficient (Wildman–Crippen LogP) is 13.3. The number of rotatable bonds is 26. The molecule has 0 aliphatic heterocycles. The van der Waals surface area contributed by atoms with Gasteiger partial charge in [0.15, 0.2) is 11.5 Å². The standard InChI is InChI=1S/C28H39F5N4O2.C28H40N2O.C3H7NO/c1-8-10-12-20(16-34-26(29)30)14-19(5)25(39)35-27(6,7)17-37-22(15-23(36-37)28(31,32)33)21(13-11-9-2)24(38)18(3)4;1-8-15-28(27(31)20(6)9-2)17-25(28)23-13-11-22(12-14-23)21(10-3)16-24(18-30-7)26(29)19(4)5;1-2-3(4)5/h9-13,15-16,18-19,26,34H,8,14,17H2,1-7H3,(H,35,39);10-14,16,18-20,25H,3,8-9,15,17,29H2,1-2,4-7H3;2H2,1H3,(H2,4,5)/b11-9-,12-10+,20-16+,21-13-;21-16+,26-24-,30-18?;. The van der Waals surface area contributed by atoms with E-state index in [4.69, 9.17) is 5.73 Å². The number of hydrogen-bond donors (Lipinski definition) is 4. The van der Waals surface area contributed by atoms with Crippen LogP contribution in [0.25, 0.3) is 11.1 Å². The Bertz CT molecular complexity index is 2420. The van der Waals surface area contributed by atoms with E-state index in [1.165, 1.54) is 11.6 Å². The largest absolute Gasteiger partial charge is 0.435 e. The fraction of sp³-hybridized carbons (Fsp3) is 0.525. The van der Waals surface area contributed by atoms with Crippen molar-refractivity contribution in [3.05, 3.63) is 125 Å². The van der Waals surface area contributed by atoms with Gasteiger partial charge in [-0.2, -0.15) is 27.1 Å². The Hall–Kier alpha value is -6.19. The van der Waals surface area contributed by atoms with Gasteiger partial charge in [0.1, 0.15) is 5.78 Å². The summed E-state index contributed by atoms with van der Waals surface area (Å²) in [6, 6.07) is 9.47. The lowest BCUT2D eigenvalue weighted by Gasteiger charge is -2.29. The zero-order chi connectivity index (χ0) is 57.4. The van der Waals surface area contributed by atoms with Crippen LogP contribution in [0.2, 0.25) is 0 Å². The summed E-state index contributed by atoms with van der Waals surface area (Å²) in [5.41, 5.74) is 14.2. The molecule has 2 aromatic rings. The SMILES string of the molecule is C/C=C\C=C(/C(=O)C(C)C)c1cc(C(F)(F)F)nn1CC(C)(C)NC(=O)C(C)CC(=C/NC(F)F)/C=C/CC.C=C/C(=C\C(C=NC)=C(\N)C(C)C)c1ccc(C2CC2(CCC)C(=O)C(C)CC)cc1.CCC(N)=O. The number of allylic oxidation sites excluding steroid dienone is 12. The molecule has 416 valence electrons. The van der Waals surface area contributed by atoms with Crippen LogP contribution in [0.3, 0.4) is 0 Å². The Morgan fingerprint density at radius 2 is 1.59 bits per heavy atom. The van der Waals surface area contributed by atoms with Crippen molar-refractivity contribution in [2.75, 3.05) is 7.05 Å². The molecule has 1 fully saturated rings. The monoisotopic (exact) mass is 1050 g/mol. The molecule has 1 aromatic heterocycles. The first-order valence-electron chi connectivity index (χ1n) is 26.0. The molecule has 75 heavy (non-hydrogen) atoms. The molecule has 2 amide bonds. The number of nitrogens with one attached hydrogen (secondary N) is 2. The fourth-order valence-electron chi connectivity index (χ4n) is 8.16. The maximum absolute atomic E-state index is 13.6. The highest BCUT2D eigenvalue weighted by molar-refractivity contribution is 6.21. The second-order valence-electron chi connectivity index (χ2n) is 20.2. The molecule has 3 rings (SSSR count). The third-order valence-corrected chi connectivity index (χ3v) is 12.6. The maximum atomic E-state index is 13.6. The number of nitrogens with two attached hydrogens (primary N) is 2. The fourth-order valence-corrected chi connectivity index (χ4v) is 8.16. The molecule has 16 heteroatoms. The molecule has 11 nitrogen and oxygen atoms in total. The lowest BCUT2D eigenvalue weighted by atomic mass is 9.83. The molecule has 1 saturated carbocycles. The third kappa shape index (κ3) is 21.5. The molecule has 0 radical (unpaired) electrons. The second kappa shape index (κ2) is 31.6. The summed E-state index contributed by atoms with van der Waals surface area (Å²) in [6.07, 6.45) is 15.4. The number of amides is 2. The number of carbonyl (C=O) groups is 4. The molecule has 1 heterocycles. The summed E-state index contributed by atoms with van der Waals surface area (Å²) in [4.78, 5) is 52.8. The summed E-state index contributed by atoms with van der Waals surface area (Å²) in [5, 5.41) is 8.48. The summed E-state index contributed by atoms with van der Waals surface area (Å²) < 4.78 is 67.1. The maximum Gasteiger partial charge on any atom is 0.435 e. The molecule has 6 N–H and O–H groups in total. The lowest BCUT2D eigenvalue weighted by molar-refractivity contribution is -0.141. The molecule has 1 aromatic carbocycles. The minimum Gasteiger partial charge on any atom is -0.401 e. The number of Topliss-reactive ketones (excluding diaryl/α,β-unsaturated/α-hetero) is 2. The number of aromatic nitrogens is 2. The topological polar surface area (TPSA) is 175 Å². The molecular formula is C59H86F5N7O4. The van der Waals surface area contributed by atoms with Gasteiger partial charge in [-0.15, -0.1) is 0 Å². The molecule has 0 saturated heterocycles. The van der Waals surface area contributed by atoms with Gasteiger partial charge < -0.3 is 22.1 Å². The van der Waals surface area contributed by atoms with Gasteiger partial charge in [0, 0.05) is 65.9 Å². The van der Waals surface area contributed by atoms with E-state index in [2.05, 4.69) is 92.7 Å². The average molecular weight is 1050 g/mol. The van der Waals surface area contributed by atoms with Crippen molar-refractivity contribution in [2.45, 2.75) is 166 Å². The van der Waals surface area contributed by atoms with Gasteiger partial charge in [-0.05, 0) is 105 Å². The van der Waals surface area contributed by atoms with Crippen LogP contribution in [0, 0.1) is 29.1 Å². The van der Waals surface area contributed by atoms with E-state index in [1.54, 1.807) is 86.0 Å². The number of benzene rings is 1. The van der Waals surface area contributed by atoms with Crippen molar-refractivity contribution in [1.82, 2.24) is 20.4 Å². The summed E-state index contributed by atoms with van der Waals surface area (Å²) >= 11 is 0. The number of alkyl halides is 5. The van der Waals surface area contributed by atoms with E-state index in [0.29, 0.717) is 30.1 Å². The van der Waals surface area contributed by atoms with Crippen LogP contribution < -0.4 is 22.1 Å². The highest BCUT2D eigenvalue weighted by Crippen LogP contribution is 2.63. The number of hydrogen-bond acceptors (Lipinski definition) is 8. The van der Waals surface area contributed by atoms with E-state index < -0.39 is 41.7 Å². The number of carbonyl (C=O) groups excluding carboxylic acids is 4. The van der Waals surface area contributed by atoms with E-state index in [9.17, 15) is 41.1 Å². The van der Waals surface area contributed by atoms with E-state index in [-0.39, 0.29) is 53.2 Å². The van der Waals surface area contributed by atoms with Gasteiger partial charge in [0.25, 0.3) is 0 Å². The minimum absolute atomic E-state index is 0.0116. The first kappa shape index (κ1) is 66.8. The van der Waals surface area contributed by atoms with Gasteiger partial charge in [-0.1, -0.05) is 137 Å². The van der Waals surface area contributed by atoms with E-state index >= 15 is 0 Å². The van der Waals surface area contributed by atoms with Crippen LogP contribution in [-0.2, 0) is 31.9 Å². The molecule has 4 atom stereocenters. The first-order valence-corrected chi connectivity index (χ1v) is 26.0. The first-order chi connectivity index (χ1) is 35.0. The van der Waals surface area contributed by atoms with Gasteiger partial charge in [0.05, 0.1) is 17.8 Å². The van der Waals surface area contributed by atoms with Crippen LogP contribution in [0.4, 0.5) is 22.0 Å². The van der Waals surface area contributed by atoms with Crippen LogP contribution in [0.5, 0.6) is 0 Å². The number of ketones is 2. The number of primary amides is 1. The summed E-state index contributed by atoms with van der Waals surface area (Å²) in [7, 11) is 1.75. The zero-order valence-corrected chi connectivity index (χ0v) is 46.9. The van der Waals surface area contributed by atoms with Gasteiger partial charge in [0.2, 0.25) is 11.8 Å². The highest BCUT2D eigenvalue weighted by atomic mass is 19.4. The van der Waals surface area contributed by atoms with Crippen LogP contribution in [0.15, 0.2) is 107 Å². The van der Waals surface area contributed by atoms with Crippen molar-refractivity contribution in [3.8, 4) is 0 Å². The van der Waals surface area contributed by atoms with Crippen LogP contribution in [0.1, 0.15) is 163 Å². The van der Waals surface area contributed by atoms with Gasteiger partial charge in [-0.25, -0.2) is 0 Å². The number of aliphatic imine (C=N–C) groups is 1. The molecule has 4 unspecified atom stereocenters. The molecule has 0 bridgehead atoms. The Morgan fingerprint density at radius 3 is 2.05 bits per heavy atom. The summed E-state index contributed by atoms with van der Waals surface area (Å²) in [6.45, 7) is 25.1. The minimum atomic E-state index is -4.74. The number of halogens is 5. The normalized spacial score (nSPS) is 17.6. The Balaban J connectivity index is 0.000000700.